The van der Waals surface area contributed by atoms with Crippen LogP contribution in [0.4, 0.5) is 21.5 Å². The fourth-order valence-corrected chi connectivity index (χ4v) is 1.99. The molecule has 0 aromatic heterocycles. The van der Waals surface area contributed by atoms with Crippen molar-refractivity contribution in [2.45, 2.75) is 6.92 Å². The molecule has 0 spiro atoms. The first kappa shape index (κ1) is 13.9. The van der Waals surface area contributed by atoms with Crippen LogP contribution in [0.2, 0.25) is 0 Å². The van der Waals surface area contributed by atoms with E-state index in [2.05, 4.69) is 0 Å². The predicted molar refractivity (Wildman–Crippen MR) is 79.0 cm³/mol. The number of nitrogens with two attached hydrogens (primary N) is 2. The lowest BCUT2D eigenvalue weighted by Gasteiger charge is -2.22. The molecule has 0 aliphatic heterocycles. The van der Waals surface area contributed by atoms with E-state index < -0.39 is 0 Å². The minimum absolute atomic E-state index is 0.239. The summed E-state index contributed by atoms with van der Waals surface area (Å²) in [5.74, 6) is -0.583. The molecule has 20 heavy (non-hydrogen) atoms. The molecule has 2 aromatic rings. The highest BCUT2D eigenvalue weighted by Crippen LogP contribution is 2.22. The molecule has 0 aliphatic carbocycles. The quantitative estimate of drug-likeness (QED) is 0.844. The van der Waals surface area contributed by atoms with Gasteiger partial charge in [0.1, 0.15) is 5.82 Å². The van der Waals surface area contributed by atoms with Crippen molar-refractivity contribution in [3.63, 3.8) is 0 Å². The van der Waals surface area contributed by atoms with Crippen molar-refractivity contribution in [2.75, 3.05) is 22.9 Å². The number of nitrogen functional groups attached to an aromatic ring is 2. The van der Waals surface area contributed by atoms with Crippen LogP contribution in [-0.2, 0) is 0 Å². The Balaban J connectivity index is 2.36. The van der Waals surface area contributed by atoms with Crippen LogP contribution in [0.5, 0.6) is 0 Å². The van der Waals surface area contributed by atoms with E-state index in [4.69, 9.17) is 11.5 Å². The molecule has 0 heterocycles. The average Bonchev–Trinajstić information content (AvgIpc) is 2.41. The number of hydrogen-bond acceptors (Lipinski definition) is 3. The summed E-state index contributed by atoms with van der Waals surface area (Å²) >= 11 is 0. The number of benzene rings is 2. The molecule has 2 aromatic carbocycles. The van der Waals surface area contributed by atoms with Gasteiger partial charge in [0.2, 0.25) is 0 Å². The number of anilines is 3. The molecule has 104 valence electrons. The topological polar surface area (TPSA) is 72.3 Å². The Kier molecular flexibility index (Phi) is 3.89. The van der Waals surface area contributed by atoms with Crippen molar-refractivity contribution in [2.24, 2.45) is 0 Å². The summed E-state index contributed by atoms with van der Waals surface area (Å²) < 4.78 is 12.9. The van der Waals surface area contributed by atoms with Gasteiger partial charge in [0.25, 0.3) is 5.91 Å². The molecule has 0 saturated heterocycles. The summed E-state index contributed by atoms with van der Waals surface area (Å²) in [5.41, 5.74) is 13.3. The van der Waals surface area contributed by atoms with Crippen molar-refractivity contribution >= 4 is 23.0 Å². The van der Waals surface area contributed by atoms with Gasteiger partial charge >= 0.3 is 0 Å². The minimum Gasteiger partial charge on any atom is -0.399 e. The molecule has 0 bridgehead atoms. The first-order valence-electron chi connectivity index (χ1n) is 6.25. The van der Waals surface area contributed by atoms with Gasteiger partial charge in [0.15, 0.2) is 0 Å². The third-order valence-electron chi connectivity index (χ3n) is 3.01. The van der Waals surface area contributed by atoms with Gasteiger partial charge in [-0.3, -0.25) is 4.79 Å². The van der Waals surface area contributed by atoms with E-state index in [1.54, 1.807) is 30.3 Å². The second-order valence-electron chi connectivity index (χ2n) is 4.37. The Hall–Kier alpha value is -2.56. The molecule has 0 unspecified atom stereocenters. The van der Waals surface area contributed by atoms with Gasteiger partial charge in [0, 0.05) is 23.6 Å². The fraction of sp³-hybridized carbons (Fsp3) is 0.133. The van der Waals surface area contributed by atoms with Crippen molar-refractivity contribution in [3.8, 4) is 0 Å². The van der Waals surface area contributed by atoms with Gasteiger partial charge in [-0.15, -0.1) is 0 Å². The molecular formula is C15H16FN3O. The number of hydrogen-bond donors (Lipinski definition) is 2. The minimum atomic E-state index is -0.343. The van der Waals surface area contributed by atoms with Gasteiger partial charge < -0.3 is 16.4 Å². The van der Waals surface area contributed by atoms with Crippen molar-refractivity contribution < 1.29 is 9.18 Å². The van der Waals surface area contributed by atoms with Gasteiger partial charge in [-0.2, -0.15) is 0 Å². The lowest BCUT2D eigenvalue weighted by molar-refractivity contribution is 0.0989. The zero-order valence-corrected chi connectivity index (χ0v) is 11.1. The number of nitrogens with zero attached hydrogens (tertiary/aromatic N) is 1. The molecule has 0 radical (unpaired) electrons. The van der Waals surface area contributed by atoms with E-state index in [-0.39, 0.29) is 11.7 Å². The largest absolute Gasteiger partial charge is 0.399 e. The smallest absolute Gasteiger partial charge is 0.260 e. The maximum absolute atomic E-state index is 12.9. The highest BCUT2D eigenvalue weighted by Gasteiger charge is 2.18. The highest BCUT2D eigenvalue weighted by atomic mass is 19.1. The first-order chi connectivity index (χ1) is 9.52. The summed E-state index contributed by atoms with van der Waals surface area (Å²) in [4.78, 5) is 14.0. The number of carbonyl (C=O) groups excluding carboxylic acids is 1. The SMILES string of the molecule is CCN(C(=O)c1ccc(N)cc1N)c1ccc(F)cc1. The first-order valence-corrected chi connectivity index (χ1v) is 6.25. The summed E-state index contributed by atoms with van der Waals surface area (Å²) in [7, 11) is 0. The molecule has 0 saturated carbocycles. The van der Waals surface area contributed by atoms with E-state index >= 15 is 0 Å². The summed E-state index contributed by atoms with van der Waals surface area (Å²) in [6.07, 6.45) is 0. The number of carbonyl (C=O) groups is 1. The Morgan fingerprint density at radius 2 is 1.80 bits per heavy atom. The molecule has 0 atom stereocenters. The number of halogens is 1. The van der Waals surface area contributed by atoms with E-state index in [9.17, 15) is 9.18 Å². The van der Waals surface area contributed by atoms with Gasteiger partial charge in [-0.25, -0.2) is 4.39 Å². The summed E-state index contributed by atoms with van der Waals surface area (Å²) in [5, 5.41) is 0. The van der Waals surface area contributed by atoms with Crippen LogP contribution in [0.1, 0.15) is 17.3 Å². The Morgan fingerprint density at radius 3 is 2.35 bits per heavy atom. The van der Waals surface area contributed by atoms with E-state index in [1.807, 2.05) is 6.92 Å². The van der Waals surface area contributed by atoms with Crippen LogP contribution >= 0.6 is 0 Å². The van der Waals surface area contributed by atoms with E-state index in [0.717, 1.165) is 0 Å². The second kappa shape index (κ2) is 5.61. The lowest BCUT2D eigenvalue weighted by atomic mass is 10.1. The number of amides is 1. The summed E-state index contributed by atoms with van der Waals surface area (Å²) in [6.45, 7) is 2.29. The highest BCUT2D eigenvalue weighted by molar-refractivity contribution is 6.09. The van der Waals surface area contributed by atoms with Crippen LogP contribution in [-0.4, -0.2) is 12.5 Å². The van der Waals surface area contributed by atoms with Crippen LogP contribution in [0.15, 0.2) is 42.5 Å². The molecular weight excluding hydrogens is 257 g/mol. The van der Waals surface area contributed by atoms with Crippen LogP contribution in [0.3, 0.4) is 0 Å². The molecule has 0 aliphatic rings. The molecule has 4 N–H and O–H groups in total. The third kappa shape index (κ3) is 2.71. The Bertz CT molecular complexity index is 626. The fourth-order valence-electron chi connectivity index (χ4n) is 1.99. The molecule has 0 fully saturated rings. The van der Waals surface area contributed by atoms with Gasteiger partial charge in [-0.1, -0.05) is 0 Å². The van der Waals surface area contributed by atoms with Gasteiger partial charge in [0.05, 0.1) is 5.56 Å². The maximum Gasteiger partial charge on any atom is 0.260 e. The lowest BCUT2D eigenvalue weighted by Crippen LogP contribution is -2.31. The standard InChI is InChI=1S/C15H16FN3O/c1-2-19(12-6-3-10(16)4-7-12)15(20)13-8-5-11(17)9-14(13)18/h3-9H,2,17-18H2,1H3. The predicted octanol–water partition coefficient (Wildman–Crippen LogP) is 2.66. The van der Waals surface area contributed by atoms with Crippen molar-refractivity contribution in [1.82, 2.24) is 0 Å². The molecule has 4 nitrogen and oxygen atoms in total. The van der Waals surface area contributed by atoms with Crippen LogP contribution in [0, 0.1) is 5.82 Å². The zero-order chi connectivity index (χ0) is 14.7. The monoisotopic (exact) mass is 273 g/mol. The van der Waals surface area contributed by atoms with E-state index in [0.29, 0.717) is 29.2 Å². The molecule has 2 rings (SSSR count). The summed E-state index contributed by atoms with van der Waals surface area (Å²) in [6, 6.07) is 10.5. The zero-order valence-electron chi connectivity index (χ0n) is 11.1. The average molecular weight is 273 g/mol. The van der Waals surface area contributed by atoms with Gasteiger partial charge in [-0.05, 0) is 49.4 Å². The van der Waals surface area contributed by atoms with E-state index in [1.165, 1.54) is 17.0 Å². The molecule has 5 heteroatoms. The van der Waals surface area contributed by atoms with Crippen molar-refractivity contribution in [1.29, 1.82) is 0 Å². The Morgan fingerprint density at radius 1 is 1.15 bits per heavy atom. The molecule has 1 amide bonds. The third-order valence-corrected chi connectivity index (χ3v) is 3.01. The Labute approximate surface area is 116 Å². The number of rotatable bonds is 3. The normalized spacial score (nSPS) is 10.3. The van der Waals surface area contributed by atoms with Crippen LogP contribution < -0.4 is 16.4 Å². The second-order valence-corrected chi connectivity index (χ2v) is 4.37. The van der Waals surface area contributed by atoms with Crippen molar-refractivity contribution in [3.05, 3.63) is 53.8 Å². The maximum atomic E-state index is 12.9. The van der Waals surface area contributed by atoms with Crippen LogP contribution in [0.25, 0.3) is 0 Å².